The number of aromatic hydroxyl groups is 1. The standard InChI is InChI=1S/C15H15F9O/c16-13(17,18)6-3-9-1-2-12(25)11(5-8-15(22,23)24)10(9)4-7-14(19,20)21/h1-2,25H,3-8H2. The van der Waals surface area contributed by atoms with Crippen LogP contribution in [0.2, 0.25) is 0 Å². The second-order valence-corrected chi connectivity index (χ2v) is 5.55. The number of hydrogen-bond acceptors (Lipinski definition) is 1. The van der Waals surface area contributed by atoms with Crippen LogP contribution in [0.5, 0.6) is 5.75 Å². The lowest BCUT2D eigenvalue weighted by Gasteiger charge is -2.18. The molecule has 1 rings (SSSR count). The lowest BCUT2D eigenvalue weighted by atomic mass is 9.91. The smallest absolute Gasteiger partial charge is 0.389 e. The molecule has 10 heteroatoms. The summed E-state index contributed by atoms with van der Waals surface area (Å²) < 4.78 is 111. The molecule has 0 fully saturated rings. The van der Waals surface area contributed by atoms with Crippen LogP contribution in [0.15, 0.2) is 12.1 Å². The Morgan fingerprint density at radius 1 is 0.600 bits per heavy atom. The molecule has 0 saturated carbocycles. The molecule has 0 aliphatic heterocycles. The molecular formula is C15H15F9O. The lowest BCUT2D eigenvalue weighted by molar-refractivity contribution is -0.136. The predicted molar refractivity (Wildman–Crippen MR) is 71.2 cm³/mol. The average molecular weight is 382 g/mol. The first-order valence-electron chi connectivity index (χ1n) is 7.21. The summed E-state index contributed by atoms with van der Waals surface area (Å²) >= 11 is 0. The number of halogens is 9. The molecule has 0 aliphatic carbocycles. The summed E-state index contributed by atoms with van der Waals surface area (Å²) in [5, 5.41) is 9.70. The molecule has 1 aromatic rings. The van der Waals surface area contributed by atoms with Crippen molar-refractivity contribution in [2.45, 2.75) is 57.1 Å². The van der Waals surface area contributed by atoms with Gasteiger partial charge in [0.05, 0.1) is 0 Å². The molecule has 0 atom stereocenters. The van der Waals surface area contributed by atoms with Gasteiger partial charge in [-0.15, -0.1) is 0 Å². The van der Waals surface area contributed by atoms with Gasteiger partial charge >= 0.3 is 18.5 Å². The van der Waals surface area contributed by atoms with E-state index in [1.807, 2.05) is 0 Å². The van der Waals surface area contributed by atoms with E-state index in [1.165, 1.54) is 0 Å². The molecule has 25 heavy (non-hydrogen) atoms. The third-order valence-corrected chi connectivity index (χ3v) is 3.50. The minimum Gasteiger partial charge on any atom is -0.508 e. The van der Waals surface area contributed by atoms with Crippen LogP contribution in [-0.4, -0.2) is 23.6 Å². The number of benzene rings is 1. The third kappa shape index (κ3) is 8.35. The second-order valence-electron chi connectivity index (χ2n) is 5.55. The lowest BCUT2D eigenvalue weighted by Crippen LogP contribution is -2.15. The summed E-state index contributed by atoms with van der Waals surface area (Å²) in [6.07, 6.45) is -20.2. The number of alkyl halides is 9. The Morgan fingerprint density at radius 2 is 1.00 bits per heavy atom. The second kappa shape index (κ2) is 7.74. The quantitative estimate of drug-likeness (QED) is 0.610. The van der Waals surface area contributed by atoms with Crippen LogP contribution in [0.25, 0.3) is 0 Å². The van der Waals surface area contributed by atoms with Gasteiger partial charge in [-0.25, -0.2) is 0 Å². The van der Waals surface area contributed by atoms with Crippen molar-refractivity contribution in [3.8, 4) is 5.75 Å². The number of phenolic OH excluding ortho intramolecular Hbond substituents is 1. The van der Waals surface area contributed by atoms with Gasteiger partial charge in [-0.2, -0.15) is 39.5 Å². The highest BCUT2D eigenvalue weighted by molar-refractivity contribution is 5.45. The first-order chi connectivity index (χ1) is 11.2. The minimum atomic E-state index is -4.63. The van der Waals surface area contributed by atoms with Gasteiger partial charge in [0, 0.05) is 19.3 Å². The van der Waals surface area contributed by atoms with E-state index >= 15 is 0 Å². The summed E-state index contributed by atoms with van der Waals surface area (Å²) in [6.45, 7) is 0. The fourth-order valence-electron chi connectivity index (χ4n) is 2.36. The monoisotopic (exact) mass is 382 g/mol. The summed E-state index contributed by atoms with van der Waals surface area (Å²) in [6, 6.07) is 1.93. The van der Waals surface area contributed by atoms with Crippen molar-refractivity contribution < 1.29 is 44.6 Å². The highest BCUT2D eigenvalue weighted by atomic mass is 19.4. The molecule has 0 bridgehead atoms. The average Bonchev–Trinajstić information content (AvgIpc) is 2.39. The van der Waals surface area contributed by atoms with Gasteiger partial charge in [0.15, 0.2) is 0 Å². The molecule has 0 heterocycles. The summed E-state index contributed by atoms with van der Waals surface area (Å²) in [4.78, 5) is 0. The topological polar surface area (TPSA) is 20.2 Å². The van der Waals surface area contributed by atoms with E-state index in [-0.39, 0.29) is 16.7 Å². The first kappa shape index (κ1) is 21.4. The molecule has 0 amide bonds. The van der Waals surface area contributed by atoms with Gasteiger partial charge in [0.2, 0.25) is 0 Å². The maximum atomic E-state index is 12.4. The summed E-state index contributed by atoms with van der Waals surface area (Å²) in [5.74, 6) is -0.655. The minimum absolute atomic E-state index is 0.142. The largest absolute Gasteiger partial charge is 0.508 e. The van der Waals surface area contributed by atoms with Gasteiger partial charge in [0.1, 0.15) is 5.75 Å². The SMILES string of the molecule is Oc1ccc(CCC(F)(F)F)c(CCC(F)(F)F)c1CCC(F)(F)F. The van der Waals surface area contributed by atoms with Crippen molar-refractivity contribution in [3.63, 3.8) is 0 Å². The Kier molecular flexibility index (Phi) is 6.63. The number of aryl methyl sites for hydroxylation is 1. The molecule has 0 radical (unpaired) electrons. The molecule has 0 aromatic heterocycles. The van der Waals surface area contributed by atoms with Crippen molar-refractivity contribution in [2.24, 2.45) is 0 Å². The Bertz CT molecular complexity index is 570. The molecule has 1 nitrogen and oxygen atoms in total. The van der Waals surface area contributed by atoms with Crippen LogP contribution >= 0.6 is 0 Å². The van der Waals surface area contributed by atoms with Gasteiger partial charge in [-0.1, -0.05) is 6.07 Å². The summed E-state index contributed by atoms with van der Waals surface area (Å²) in [7, 11) is 0. The van der Waals surface area contributed by atoms with Crippen LogP contribution in [-0.2, 0) is 19.3 Å². The van der Waals surface area contributed by atoms with E-state index in [4.69, 9.17) is 0 Å². The number of hydrogen-bond donors (Lipinski definition) is 1. The maximum Gasteiger partial charge on any atom is 0.389 e. The first-order valence-corrected chi connectivity index (χ1v) is 7.21. The zero-order valence-electron chi connectivity index (χ0n) is 12.7. The van der Waals surface area contributed by atoms with Crippen LogP contribution < -0.4 is 0 Å². The Labute approximate surface area is 137 Å². The molecule has 1 N–H and O–H groups in total. The van der Waals surface area contributed by atoms with Crippen molar-refractivity contribution in [1.82, 2.24) is 0 Å². The highest BCUT2D eigenvalue weighted by Crippen LogP contribution is 2.34. The van der Waals surface area contributed by atoms with Gasteiger partial charge < -0.3 is 5.11 Å². The summed E-state index contributed by atoms with van der Waals surface area (Å²) in [5.41, 5.74) is -0.830. The van der Waals surface area contributed by atoms with Crippen molar-refractivity contribution >= 4 is 0 Å². The Balaban J connectivity index is 3.17. The van der Waals surface area contributed by atoms with Crippen molar-refractivity contribution in [2.75, 3.05) is 0 Å². The van der Waals surface area contributed by atoms with E-state index in [0.717, 1.165) is 12.1 Å². The fraction of sp³-hybridized carbons (Fsp3) is 0.600. The van der Waals surface area contributed by atoms with E-state index in [1.54, 1.807) is 0 Å². The highest BCUT2D eigenvalue weighted by Gasteiger charge is 2.32. The van der Waals surface area contributed by atoms with Gasteiger partial charge in [-0.3, -0.25) is 0 Å². The van der Waals surface area contributed by atoms with E-state index in [9.17, 15) is 44.6 Å². The van der Waals surface area contributed by atoms with Crippen molar-refractivity contribution in [1.29, 1.82) is 0 Å². The zero-order valence-corrected chi connectivity index (χ0v) is 12.7. The fourth-order valence-corrected chi connectivity index (χ4v) is 2.36. The molecular weight excluding hydrogens is 367 g/mol. The van der Waals surface area contributed by atoms with Crippen LogP contribution in [0.3, 0.4) is 0 Å². The normalized spacial score (nSPS) is 13.3. The number of phenols is 1. The van der Waals surface area contributed by atoms with E-state index in [0.29, 0.717) is 0 Å². The third-order valence-electron chi connectivity index (χ3n) is 3.50. The zero-order chi connectivity index (χ0) is 19.5. The molecule has 144 valence electrons. The Morgan fingerprint density at radius 3 is 1.44 bits per heavy atom. The van der Waals surface area contributed by atoms with Crippen molar-refractivity contribution in [3.05, 3.63) is 28.8 Å². The molecule has 0 unspecified atom stereocenters. The van der Waals surface area contributed by atoms with E-state index in [2.05, 4.69) is 0 Å². The van der Waals surface area contributed by atoms with Crippen LogP contribution in [0.1, 0.15) is 36.0 Å². The van der Waals surface area contributed by atoms with Crippen LogP contribution in [0, 0.1) is 0 Å². The maximum absolute atomic E-state index is 12.4. The molecule has 1 aromatic carbocycles. The number of rotatable bonds is 6. The van der Waals surface area contributed by atoms with Crippen LogP contribution in [0.4, 0.5) is 39.5 Å². The molecule has 0 spiro atoms. The predicted octanol–water partition coefficient (Wildman–Crippen LogP) is 5.88. The Hall–Kier alpha value is -1.61. The van der Waals surface area contributed by atoms with E-state index < -0.39 is 62.8 Å². The molecule has 0 aliphatic rings. The van der Waals surface area contributed by atoms with Gasteiger partial charge in [0.25, 0.3) is 0 Å². The van der Waals surface area contributed by atoms with Gasteiger partial charge in [-0.05, 0) is 42.0 Å². The molecule has 0 saturated heterocycles.